The number of hydrogen-bond donors (Lipinski definition) is 1. The highest BCUT2D eigenvalue weighted by Crippen LogP contribution is 2.72. The second-order valence-electron chi connectivity index (χ2n) is 13.4. The first kappa shape index (κ1) is 26.8. The van der Waals surface area contributed by atoms with Gasteiger partial charge in [0.15, 0.2) is 22.8 Å². The number of aromatic nitrogens is 4. The molecule has 2 aromatic heterocycles. The van der Waals surface area contributed by atoms with Crippen molar-refractivity contribution >= 4 is 40.3 Å². The molecule has 5 atom stereocenters. The van der Waals surface area contributed by atoms with Crippen LogP contribution in [0.5, 0.6) is 0 Å². The van der Waals surface area contributed by atoms with Crippen molar-refractivity contribution in [2.75, 3.05) is 16.8 Å². The number of rotatable bonds is 10. The number of unbranched alkanes of at least 4 members (excludes halogenated alkanes) is 1. The Bertz CT molecular complexity index is 1180. The van der Waals surface area contributed by atoms with E-state index in [1.54, 1.807) is 0 Å². The van der Waals surface area contributed by atoms with Gasteiger partial charge in [0.25, 0.3) is 0 Å². The summed E-state index contributed by atoms with van der Waals surface area (Å²) in [6, 6.07) is 0.585. The Kier molecular flexibility index (Phi) is 7.09. The molecule has 2 aromatic rings. The third-order valence-corrected chi connectivity index (χ3v) is 12.0. The molecule has 214 valence electrons. The number of anilines is 1. The molecule has 1 saturated heterocycles. The van der Waals surface area contributed by atoms with Crippen LogP contribution in [0.25, 0.3) is 11.2 Å². The van der Waals surface area contributed by atoms with Crippen molar-refractivity contribution in [2.24, 2.45) is 23.2 Å². The van der Waals surface area contributed by atoms with E-state index in [9.17, 15) is 0 Å². The Hall–Kier alpha value is -1.09. The third-order valence-electron chi connectivity index (χ3n) is 10.5. The molecule has 1 N–H and O–H groups in total. The van der Waals surface area contributed by atoms with Gasteiger partial charge in [-0.15, -0.1) is 0 Å². The molecule has 1 aliphatic heterocycles. The molecular weight excluding hydrogens is 530 g/mol. The summed E-state index contributed by atoms with van der Waals surface area (Å²) in [6.07, 6.45) is 16.4. The lowest BCUT2D eigenvalue weighted by Crippen LogP contribution is -2.35. The first-order valence-electron chi connectivity index (χ1n) is 15.5. The van der Waals surface area contributed by atoms with E-state index < -0.39 is 5.79 Å². The van der Waals surface area contributed by atoms with Crippen molar-refractivity contribution in [3.05, 3.63) is 11.6 Å². The fourth-order valence-electron chi connectivity index (χ4n) is 8.58. The van der Waals surface area contributed by atoms with Gasteiger partial charge >= 0.3 is 0 Å². The molecule has 0 radical (unpaired) electrons. The first-order chi connectivity index (χ1) is 18.9. The average molecular weight is 574 g/mol. The van der Waals surface area contributed by atoms with Gasteiger partial charge in [0, 0.05) is 17.2 Å². The van der Waals surface area contributed by atoms with E-state index in [0.29, 0.717) is 29.1 Å². The van der Waals surface area contributed by atoms with Gasteiger partial charge in [-0.05, 0) is 87.5 Å². The lowest BCUT2D eigenvalue weighted by atomic mass is 9.86. The summed E-state index contributed by atoms with van der Waals surface area (Å²) in [5, 5.41) is 4.20. The zero-order chi connectivity index (χ0) is 26.8. The van der Waals surface area contributed by atoms with Crippen LogP contribution in [0, 0.1) is 23.2 Å². The SMILES string of the molecule is CCCCSC[C@@]12C[C@@H]1[C@@H](n1cnc3c(NC(C4CCCC4)C4CCCC4)nc(Cl)nc31)[C@@H]1OC(C)(C)O[C@@H]12. The van der Waals surface area contributed by atoms with E-state index in [4.69, 9.17) is 36.0 Å². The number of fused-ring (bicyclic) bond motifs is 4. The average Bonchev–Trinajstić information content (AvgIpc) is 3.53. The topological polar surface area (TPSA) is 74.1 Å². The highest BCUT2D eigenvalue weighted by atomic mass is 35.5. The normalized spacial score (nSPS) is 33.9. The lowest BCUT2D eigenvalue weighted by molar-refractivity contribution is -0.160. The summed E-state index contributed by atoms with van der Waals surface area (Å²) in [4.78, 5) is 14.4. The number of imidazole rings is 1. The standard InChI is InChI=1S/C30H44ClN5O2S/c1-4-5-14-39-16-30-15-20(30)23(24-25(30)38-29(2,3)37-24)36-17-32-22-26(34-28(31)35-27(22)36)33-21(18-10-6-7-11-18)19-12-8-9-13-19/h17-21,23-25H,4-16H2,1-3H3,(H,33,34,35)/t20-,23-,24+,25+,30+/m1/s1. The molecule has 7 rings (SSSR count). The van der Waals surface area contributed by atoms with E-state index >= 15 is 0 Å². The Morgan fingerprint density at radius 2 is 1.82 bits per heavy atom. The van der Waals surface area contributed by atoms with Crippen LogP contribution in [-0.2, 0) is 9.47 Å². The minimum Gasteiger partial charge on any atom is -0.365 e. The summed E-state index contributed by atoms with van der Waals surface area (Å²) >= 11 is 8.71. The minimum atomic E-state index is -0.576. The Balaban J connectivity index is 1.21. The molecule has 39 heavy (non-hydrogen) atoms. The predicted molar refractivity (Wildman–Crippen MR) is 157 cm³/mol. The van der Waals surface area contributed by atoms with Crippen LogP contribution in [-0.4, -0.2) is 55.1 Å². The van der Waals surface area contributed by atoms with E-state index in [2.05, 4.69) is 42.4 Å². The number of thioether (sulfide) groups is 1. The minimum absolute atomic E-state index is 0.00204. The van der Waals surface area contributed by atoms with Gasteiger partial charge in [-0.1, -0.05) is 39.0 Å². The zero-order valence-corrected chi connectivity index (χ0v) is 25.3. The van der Waals surface area contributed by atoms with E-state index in [1.807, 2.05) is 6.33 Å². The molecule has 0 spiro atoms. The quantitative estimate of drug-likeness (QED) is 0.237. The van der Waals surface area contributed by atoms with Crippen LogP contribution < -0.4 is 5.32 Å². The monoisotopic (exact) mass is 573 g/mol. The van der Waals surface area contributed by atoms with Gasteiger partial charge in [-0.25, -0.2) is 4.98 Å². The van der Waals surface area contributed by atoms with Crippen LogP contribution in [0.2, 0.25) is 5.28 Å². The van der Waals surface area contributed by atoms with Crippen LogP contribution >= 0.6 is 23.4 Å². The highest BCUT2D eigenvalue weighted by Gasteiger charge is 2.75. The largest absolute Gasteiger partial charge is 0.365 e. The maximum atomic E-state index is 6.63. The molecule has 4 aliphatic carbocycles. The molecule has 5 aliphatic rings. The Morgan fingerprint density at radius 1 is 1.10 bits per heavy atom. The third kappa shape index (κ3) is 4.69. The van der Waals surface area contributed by atoms with Crippen LogP contribution in [0.3, 0.4) is 0 Å². The van der Waals surface area contributed by atoms with E-state index in [-0.39, 0.29) is 23.7 Å². The molecule has 4 saturated carbocycles. The smallest absolute Gasteiger partial charge is 0.226 e. The van der Waals surface area contributed by atoms with Crippen molar-refractivity contribution < 1.29 is 9.47 Å². The van der Waals surface area contributed by atoms with E-state index in [0.717, 1.165) is 22.7 Å². The van der Waals surface area contributed by atoms with Crippen molar-refractivity contribution in [3.8, 4) is 0 Å². The summed E-state index contributed by atoms with van der Waals surface area (Å²) in [7, 11) is 0. The molecule has 0 aromatic carbocycles. The molecule has 0 unspecified atom stereocenters. The molecular formula is C30H44ClN5O2S. The van der Waals surface area contributed by atoms with Crippen molar-refractivity contribution in [3.63, 3.8) is 0 Å². The first-order valence-corrected chi connectivity index (χ1v) is 17.0. The maximum Gasteiger partial charge on any atom is 0.226 e. The zero-order valence-electron chi connectivity index (χ0n) is 23.7. The molecule has 0 amide bonds. The Morgan fingerprint density at radius 3 is 2.51 bits per heavy atom. The van der Waals surface area contributed by atoms with Crippen LogP contribution in [0.4, 0.5) is 5.82 Å². The second-order valence-corrected chi connectivity index (χ2v) is 14.8. The predicted octanol–water partition coefficient (Wildman–Crippen LogP) is 7.26. The molecule has 0 bridgehead atoms. The summed E-state index contributed by atoms with van der Waals surface area (Å²) in [6.45, 7) is 6.37. The summed E-state index contributed by atoms with van der Waals surface area (Å²) in [5.74, 6) is 4.50. The number of halogens is 1. The number of nitrogens with one attached hydrogen (secondary N) is 1. The van der Waals surface area contributed by atoms with Gasteiger partial charge in [-0.2, -0.15) is 21.7 Å². The highest BCUT2D eigenvalue weighted by molar-refractivity contribution is 7.99. The molecule has 7 nitrogen and oxygen atoms in total. The molecule has 9 heteroatoms. The van der Waals surface area contributed by atoms with Gasteiger partial charge in [0.2, 0.25) is 5.28 Å². The van der Waals surface area contributed by atoms with Crippen LogP contribution in [0.15, 0.2) is 6.33 Å². The van der Waals surface area contributed by atoms with Gasteiger partial charge in [-0.3, -0.25) is 0 Å². The van der Waals surface area contributed by atoms with Crippen molar-refractivity contribution in [2.45, 2.75) is 121 Å². The van der Waals surface area contributed by atoms with E-state index in [1.165, 1.54) is 76.4 Å². The Labute approximate surface area is 241 Å². The van der Waals surface area contributed by atoms with Crippen LogP contribution in [0.1, 0.15) is 97.4 Å². The summed E-state index contributed by atoms with van der Waals surface area (Å²) < 4.78 is 15.5. The maximum absolute atomic E-state index is 6.63. The van der Waals surface area contributed by atoms with Gasteiger partial charge < -0.3 is 19.4 Å². The number of ether oxygens (including phenoxy) is 2. The number of nitrogens with zero attached hydrogens (tertiary/aromatic N) is 4. The van der Waals surface area contributed by atoms with Crippen molar-refractivity contribution in [1.82, 2.24) is 19.5 Å². The summed E-state index contributed by atoms with van der Waals surface area (Å²) in [5.41, 5.74) is 1.84. The fraction of sp³-hybridized carbons (Fsp3) is 0.833. The number of hydrogen-bond acceptors (Lipinski definition) is 7. The molecule has 3 heterocycles. The molecule has 5 fully saturated rings. The van der Waals surface area contributed by atoms with Crippen molar-refractivity contribution in [1.29, 1.82) is 0 Å². The van der Waals surface area contributed by atoms with Gasteiger partial charge in [0.1, 0.15) is 6.10 Å². The van der Waals surface area contributed by atoms with Gasteiger partial charge in [0.05, 0.1) is 18.5 Å². The second kappa shape index (κ2) is 10.3. The fourth-order valence-corrected chi connectivity index (χ4v) is 10.3. The lowest BCUT2D eigenvalue weighted by Gasteiger charge is -2.30.